The highest BCUT2D eigenvalue weighted by Crippen LogP contribution is 2.22. The maximum atomic E-state index is 11.9. The summed E-state index contributed by atoms with van der Waals surface area (Å²) in [5.41, 5.74) is 0.214. The molecule has 0 radical (unpaired) electrons. The summed E-state index contributed by atoms with van der Waals surface area (Å²) in [5.74, 6) is -0.338. The fourth-order valence-corrected chi connectivity index (χ4v) is 2.62. The van der Waals surface area contributed by atoms with Crippen LogP contribution in [0.2, 0.25) is 5.02 Å². The summed E-state index contributed by atoms with van der Waals surface area (Å²) in [7, 11) is 0. The number of hydrogen-bond acceptors (Lipinski definition) is 6. The van der Waals surface area contributed by atoms with Gasteiger partial charge in [0.15, 0.2) is 17.4 Å². The minimum Gasteiger partial charge on any atom is -0.484 e. The second-order valence-electron chi connectivity index (χ2n) is 4.44. The van der Waals surface area contributed by atoms with Crippen molar-refractivity contribution >= 4 is 39.9 Å². The van der Waals surface area contributed by atoms with Crippen LogP contribution in [0.15, 0.2) is 24.3 Å². The van der Waals surface area contributed by atoms with Gasteiger partial charge in [0.2, 0.25) is 0 Å². The van der Waals surface area contributed by atoms with Crippen molar-refractivity contribution in [1.29, 1.82) is 0 Å². The van der Waals surface area contributed by atoms with Gasteiger partial charge in [0.1, 0.15) is 5.75 Å². The van der Waals surface area contributed by atoms with Gasteiger partial charge < -0.3 is 9.47 Å². The molecular weight excluding hydrogens is 340 g/mol. The molecule has 0 spiro atoms. The predicted molar refractivity (Wildman–Crippen MR) is 88.4 cm³/mol. The maximum Gasteiger partial charge on any atom is 0.358 e. The van der Waals surface area contributed by atoms with E-state index in [1.54, 1.807) is 38.1 Å². The summed E-state index contributed by atoms with van der Waals surface area (Å²) in [4.78, 5) is 28.3. The Morgan fingerprint density at radius 2 is 2.00 bits per heavy atom. The van der Waals surface area contributed by atoms with E-state index in [0.29, 0.717) is 20.8 Å². The number of hydrogen-bond donors (Lipinski definition) is 1. The number of benzene rings is 1. The van der Waals surface area contributed by atoms with E-state index in [0.717, 1.165) is 0 Å². The molecule has 0 aliphatic carbocycles. The normalized spacial score (nSPS) is 10.2. The number of ether oxygens (including phenoxy) is 2. The van der Waals surface area contributed by atoms with Gasteiger partial charge in [-0.25, -0.2) is 9.78 Å². The molecule has 23 heavy (non-hydrogen) atoms. The van der Waals surface area contributed by atoms with Crippen molar-refractivity contribution in [2.45, 2.75) is 13.8 Å². The molecule has 8 heteroatoms. The number of nitrogens with zero attached hydrogens (tertiary/aromatic N) is 1. The highest BCUT2D eigenvalue weighted by Gasteiger charge is 2.17. The second-order valence-corrected chi connectivity index (χ2v) is 6.07. The molecule has 1 amide bonds. The van der Waals surface area contributed by atoms with E-state index in [2.05, 4.69) is 10.3 Å². The molecule has 2 rings (SSSR count). The van der Waals surface area contributed by atoms with Crippen molar-refractivity contribution in [2.24, 2.45) is 0 Å². The van der Waals surface area contributed by atoms with Gasteiger partial charge in [-0.15, -0.1) is 11.3 Å². The number of aromatic nitrogens is 1. The number of anilines is 1. The summed E-state index contributed by atoms with van der Waals surface area (Å²) < 4.78 is 10.2. The van der Waals surface area contributed by atoms with Gasteiger partial charge in [-0.1, -0.05) is 11.6 Å². The third kappa shape index (κ3) is 4.94. The molecule has 1 aromatic heterocycles. The number of halogens is 1. The number of nitrogens with one attached hydrogen (secondary N) is 1. The van der Waals surface area contributed by atoms with Gasteiger partial charge in [-0.3, -0.25) is 10.1 Å². The molecule has 0 bridgehead atoms. The smallest absolute Gasteiger partial charge is 0.358 e. The minimum atomic E-state index is -0.501. The van der Waals surface area contributed by atoms with E-state index in [1.165, 1.54) is 11.3 Å². The molecule has 0 fully saturated rings. The van der Waals surface area contributed by atoms with Crippen LogP contribution in [0, 0.1) is 6.92 Å². The third-order valence-corrected chi connectivity index (χ3v) is 3.83. The zero-order valence-corrected chi connectivity index (χ0v) is 14.2. The van der Waals surface area contributed by atoms with E-state index in [4.69, 9.17) is 21.1 Å². The first-order valence-corrected chi connectivity index (χ1v) is 8.01. The molecule has 2 aromatic rings. The number of aryl methyl sites for hydroxylation is 1. The molecule has 1 N–H and O–H groups in total. The Morgan fingerprint density at radius 3 is 2.65 bits per heavy atom. The second kappa shape index (κ2) is 7.94. The van der Waals surface area contributed by atoms with Crippen LogP contribution < -0.4 is 10.1 Å². The van der Waals surface area contributed by atoms with Gasteiger partial charge in [0.25, 0.3) is 5.91 Å². The lowest BCUT2D eigenvalue weighted by Gasteiger charge is -2.05. The van der Waals surface area contributed by atoms with Crippen LogP contribution in [-0.4, -0.2) is 30.1 Å². The van der Waals surface area contributed by atoms with Gasteiger partial charge in [-0.2, -0.15) is 0 Å². The molecule has 122 valence electrons. The van der Waals surface area contributed by atoms with Crippen molar-refractivity contribution in [1.82, 2.24) is 4.98 Å². The Morgan fingerprint density at radius 1 is 1.30 bits per heavy atom. The first-order chi connectivity index (χ1) is 11.0. The first-order valence-electron chi connectivity index (χ1n) is 6.82. The Bertz CT molecular complexity index is 700. The van der Waals surface area contributed by atoms with Crippen molar-refractivity contribution in [3.63, 3.8) is 0 Å². The van der Waals surface area contributed by atoms with Crippen LogP contribution in [0.5, 0.6) is 5.75 Å². The zero-order valence-electron chi connectivity index (χ0n) is 12.6. The average molecular weight is 355 g/mol. The number of rotatable bonds is 6. The topological polar surface area (TPSA) is 77.5 Å². The van der Waals surface area contributed by atoms with E-state index in [-0.39, 0.29) is 24.8 Å². The van der Waals surface area contributed by atoms with E-state index >= 15 is 0 Å². The molecular formula is C15H15ClN2O4S. The lowest BCUT2D eigenvalue weighted by Crippen LogP contribution is -2.20. The average Bonchev–Trinajstić information content (AvgIpc) is 2.87. The number of carbonyl (C=O) groups excluding carboxylic acids is 2. The molecule has 0 aliphatic heterocycles. The molecule has 0 saturated carbocycles. The molecule has 6 nitrogen and oxygen atoms in total. The number of amides is 1. The lowest BCUT2D eigenvalue weighted by atomic mass is 10.3. The maximum absolute atomic E-state index is 11.9. The van der Waals surface area contributed by atoms with Crippen LogP contribution in [-0.2, 0) is 9.53 Å². The first kappa shape index (κ1) is 17.2. The van der Waals surface area contributed by atoms with Crippen LogP contribution in [0.4, 0.5) is 5.13 Å². The Hall–Kier alpha value is -2.12. The summed E-state index contributed by atoms with van der Waals surface area (Å²) in [6.45, 7) is 3.56. The number of esters is 1. The van der Waals surface area contributed by atoms with Crippen molar-refractivity contribution in [3.8, 4) is 5.75 Å². The largest absolute Gasteiger partial charge is 0.484 e. The standard InChI is InChI=1S/C15H15ClN2O4S/c1-3-21-14(20)13-9(2)23-15(18-13)17-12(19)8-22-11-6-4-10(16)5-7-11/h4-7H,3,8H2,1-2H3,(H,17,18,19). The van der Waals surface area contributed by atoms with E-state index < -0.39 is 5.97 Å². The zero-order chi connectivity index (χ0) is 16.8. The van der Waals surface area contributed by atoms with Crippen molar-refractivity contribution in [3.05, 3.63) is 39.9 Å². The molecule has 1 heterocycles. The highest BCUT2D eigenvalue weighted by atomic mass is 35.5. The number of thiazole rings is 1. The van der Waals surface area contributed by atoms with Gasteiger partial charge >= 0.3 is 5.97 Å². The lowest BCUT2D eigenvalue weighted by molar-refractivity contribution is -0.118. The predicted octanol–water partition coefficient (Wildman–Crippen LogP) is 3.30. The molecule has 0 atom stereocenters. The summed E-state index contributed by atoms with van der Waals surface area (Å²) in [6.07, 6.45) is 0. The summed E-state index contributed by atoms with van der Waals surface area (Å²) in [5, 5.41) is 3.51. The quantitative estimate of drug-likeness (QED) is 0.805. The SMILES string of the molecule is CCOC(=O)c1nc(NC(=O)COc2ccc(Cl)cc2)sc1C. The summed E-state index contributed by atoms with van der Waals surface area (Å²) in [6, 6.07) is 6.68. The Kier molecular flexibility index (Phi) is 5.95. The van der Waals surface area contributed by atoms with Gasteiger partial charge in [-0.05, 0) is 38.1 Å². The fraction of sp³-hybridized carbons (Fsp3) is 0.267. The van der Waals surface area contributed by atoms with Crippen molar-refractivity contribution in [2.75, 3.05) is 18.5 Å². The molecule has 0 unspecified atom stereocenters. The van der Waals surface area contributed by atoms with E-state index in [9.17, 15) is 9.59 Å². The summed E-state index contributed by atoms with van der Waals surface area (Å²) >= 11 is 6.97. The number of carbonyl (C=O) groups is 2. The van der Waals surface area contributed by atoms with Crippen LogP contribution in [0.25, 0.3) is 0 Å². The van der Waals surface area contributed by atoms with E-state index in [1.807, 2.05) is 0 Å². The van der Waals surface area contributed by atoms with Crippen LogP contribution in [0.1, 0.15) is 22.3 Å². The molecule has 0 aliphatic rings. The van der Waals surface area contributed by atoms with Crippen molar-refractivity contribution < 1.29 is 19.1 Å². The van der Waals surface area contributed by atoms with Gasteiger partial charge in [0.05, 0.1) is 6.61 Å². The fourth-order valence-electron chi connectivity index (χ4n) is 1.67. The minimum absolute atomic E-state index is 0.172. The third-order valence-electron chi connectivity index (χ3n) is 2.70. The highest BCUT2D eigenvalue weighted by molar-refractivity contribution is 7.16. The molecule has 0 saturated heterocycles. The Balaban J connectivity index is 1.91. The molecule has 1 aromatic carbocycles. The van der Waals surface area contributed by atoms with Crippen LogP contribution >= 0.6 is 22.9 Å². The van der Waals surface area contributed by atoms with Gasteiger partial charge in [0, 0.05) is 9.90 Å². The monoisotopic (exact) mass is 354 g/mol. The Labute approximate surface area is 142 Å². The van der Waals surface area contributed by atoms with Crippen LogP contribution in [0.3, 0.4) is 0 Å².